The number of alkyl halides is 1. The lowest BCUT2D eigenvalue weighted by Gasteiger charge is -2.35. The first kappa shape index (κ1) is 16.3. The average Bonchev–Trinajstić information content (AvgIpc) is 2.40. The molecule has 2 rings (SSSR count). The summed E-state index contributed by atoms with van der Waals surface area (Å²) in [6.45, 7) is 6.00. The molecule has 0 aliphatic carbocycles. The van der Waals surface area contributed by atoms with Gasteiger partial charge in [0.2, 0.25) is 0 Å². The molecule has 0 saturated carbocycles. The molecule has 2 heterocycles. The standard InChI is InChI=1S/C14H22FN5O2/c1-14(2,3)22-13(21)17-10-6-7-20(8-9(10)15)12-5-4-11(16)18-19-12/h4-5,9-10H,6-8H2,1-3H3,(H2,16,18)(H,17,21)/t9-,10-/m1/s1. The molecule has 0 radical (unpaired) electrons. The van der Waals surface area contributed by atoms with Gasteiger partial charge < -0.3 is 20.7 Å². The molecule has 1 aliphatic rings. The summed E-state index contributed by atoms with van der Waals surface area (Å²) in [4.78, 5) is 13.5. The third-order valence-corrected chi connectivity index (χ3v) is 3.24. The fourth-order valence-corrected chi connectivity index (χ4v) is 2.24. The Morgan fingerprint density at radius 2 is 2.18 bits per heavy atom. The monoisotopic (exact) mass is 311 g/mol. The lowest BCUT2D eigenvalue weighted by atomic mass is 10.0. The van der Waals surface area contributed by atoms with Crippen LogP contribution in [0.25, 0.3) is 0 Å². The van der Waals surface area contributed by atoms with Crippen LogP contribution < -0.4 is 16.0 Å². The number of ether oxygens (including phenoxy) is 1. The number of nitrogens with one attached hydrogen (secondary N) is 1. The van der Waals surface area contributed by atoms with E-state index in [4.69, 9.17) is 10.5 Å². The van der Waals surface area contributed by atoms with Crippen LogP contribution in [-0.4, -0.2) is 47.2 Å². The second-order valence-electron chi connectivity index (χ2n) is 6.32. The lowest BCUT2D eigenvalue weighted by molar-refractivity contribution is 0.0463. The van der Waals surface area contributed by atoms with E-state index in [1.807, 2.05) is 0 Å². The summed E-state index contributed by atoms with van der Waals surface area (Å²) in [5.74, 6) is 0.898. The maximum absolute atomic E-state index is 14.3. The predicted molar refractivity (Wildman–Crippen MR) is 81.3 cm³/mol. The highest BCUT2D eigenvalue weighted by molar-refractivity contribution is 5.68. The number of halogens is 1. The number of carbonyl (C=O) groups is 1. The number of rotatable bonds is 2. The lowest BCUT2D eigenvalue weighted by Crippen LogP contribution is -2.53. The molecule has 1 aromatic heterocycles. The van der Waals surface area contributed by atoms with Crippen molar-refractivity contribution in [1.29, 1.82) is 0 Å². The molecule has 122 valence electrons. The molecule has 0 aromatic carbocycles. The number of piperidine rings is 1. The smallest absolute Gasteiger partial charge is 0.407 e. The molecule has 7 nitrogen and oxygen atoms in total. The molecule has 2 atom stereocenters. The second kappa shape index (κ2) is 6.33. The van der Waals surface area contributed by atoms with Crippen molar-refractivity contribution in [3.8, 4) is 0 Å². The minimum absolute atomic E-state index is 0.138. The van der Waals surface area contributed by atoms with Crippen molar-refractivity contribution in [3.05, 3.63) is 12.1 Å². The fourth-order valence-electron chi connectivity index (χ4n) is 2.24. The van der Waals surface area contributed by atoms with Crippen molar-refractivity contribution < 1.29 is 13.9 Å². The number of anilines is 2. The zero-order valence-electron chi connectivity index (χ0n) is 13.0. The molecule has 3 N–H and O–H groups in total. The Balaban J connectivity index is 1.90. The summed E-state index contributed by atoms with van der Waals surface area (Å²) in [5, 5.41) is 10.3. The van der Waals surface area contributed by atoms with Crippen LogP contribution in [0.2, 0.25) is 0 Å². The van der Waals surface area contributed by atoms with Crippen LogP contribution in [0.4, 0.5) is 20.8 Å². The first-order valence-corrected chi connectivity index (χ1v) is 7.22. The van der Waals surface area contributed by atoms with Gasteiger partial charge in [-0.1, -0.05) is 0 Å². The Kier molecular flexibility index (Phi) is 4.68. The third kappa shape index (κ3) is 4.44. The zero-order chi connectivity index (χ0) is 16.3. The van der Waals surface area contributed by atoms with Crippen molar-refractivity contribution in [2.24, 2.45) is 0 Å². The van der Waals surface area contributed by atoms with Gasteiger partial charge in [0.05, 0.1) is 12.6 Å². The first-order chi connectivity index (χ1) is 10.2. The summed E-state index contributed by atoms with van der Waals surface area (Å²) >= 11 is 0. The van der Waals surface area contributed by atoms with E-state index >= 15 is 0 Å². The van der Waals surface area contributed by atoms with E-state index in [-0.39, 0.29) is 6.54 Å². The van der Waals surface area contributed by atoms with E-state index in [1.54, 1.807) is 37.8 Å². The van der Waals surface area contributed by atoms with Crippen LogP contribution in [0.3, 0.4) is 0 Å². The zero-order valence-corrected chi connectivity index (χ0v) is 13.0. The minimum atomic E-state index is -1.21. The molecule has 1 aromatic rings. The molecule has 0 unspecified atom stereocenters. The van der Waals surface area contributed by atoms with Gasteiger partial charge in [-0.05, 0) is 39.3 Å². The Hall–Kier alpha value is -2.12. The molecular weight excluding hydrogens is 289 g/mol. The van der Waals surface area contributed by atoms with Crippen molar-refractivity contribution in [3.63, 3.8) is 0 Å². The van der Waals surface area contributed by atoms with Crippen LogP contribution in [0.15, 0.2) is 12.1 Å². The largest absolute Gasteiger partial charge is 0.444 e. The highest BCUT2D eigenvalue weighted by Crippen LogP contribution is 2.20. The van der Waals surface area contributed by atoms with Crippen LogP contribution in [-0.2, 0) is 4.74 Å². The molecule has 1 aliphatic heterocycles. The predicted octanol–water partition coefficient (Wildman–Crippen LogP) is 1.50. The van der Waals surface area contributed by atoms with Gasteiger partial charge >= 0.3 is 6.09 Å². The molecule has 22 heavy (non-hydrogen) atoms. The van der Waals surface area contributed by atoms with Gasteiger partial charge in [0.25, 0.3) is 0 Å². The van der Waals surface area contributed by atoms with E-state index in [9.17, 15) is 9.18 Å². The second-order valence-corrected chi connectivity index (χ2v) is 6.32. The van der Waals surface area contributed by atoms with Gasteiger partial charge in [0, 0.05) is 6.54 Å². The number of amides is 1. The summed E-state index contributed by atoms with van der Waals surface area (Å²) in [5.41, 5.74) is 4.88. The van der Waals surface area contributed by atoms with Crippen LogP contribution in [0, 0.1) is 0 Å². The highest BCUT2D eigenvalue weighted by Gasteiger charge is 2.32. The SMILES string of the molecule is CC(C)(C)OC(=O)N[C@@H]1CCN(c2ccc(N)nn2)C[C@H]1F. The van der Waals surface area contributed by atoms with E-state index < -0.39 is 23.9 Å². The van der Waals surface area contributed by atoms with Gasteiger partial charge in [0.1, 0.15) is 17.6 Å². The molecule has 1 saturated heterocycles. The van der Waals surface area contributed by atoms with Crippen molar-refractivity contribution in [2.75, 3.05) is 23.7 Å². The molecule has 1 fully saturated rings. The van der Waals surface area contributed by atoms with E-state index in [1.165, 1.54) is 0 Å². The topological polar surface area (TPSA) is 93.4 Å². The number of carbonyl (C=O) groups excluding carboxylic acids is 1. The van der Waals surface area contributed by atoms with Gasteiger partial charge in [-0.15, -0.1) is 10.2 Å². The number of nitrogen functional groups attached to an aromatic ring is 1. The van der Waals surface area contributed by atoms with Gasteiger partial charge in [-0.3, -0.25) is 0 Å². The van der Waals surface area contributed by atoms with Crippen LogP contribution in [0.1, 0.15) is 27.2 Å². The van der Waals surface area contributed by atoms with Gasteiger partial charge in [-0.2, -0.15) is 0 Å². The molecule has 0 bridgehead atoms. The number of alkyl carbamates (subject to hydrolysis) is 1. The summed E-state index contributed by atoms with van der Waals surface area (Å²) in [6.07, 6.45) is -1.34. The quantitative estimate of drug-likeness (QED) is 0.859. The van der Waals surface area contributed by atoms with E-state index in [2.05, 4.69) is 15.5 Å². The Morgan fingerprint density at radius 3 is 2.73 bits per heavy atom. The van der Waals surface area contributed by atoms with Gasteiger partial charge in [-0.25, -0.2) is 9.18 Å². The first-order valence-electron chi connectivity index (χ1n) is 7.22. The minimum Gasteiger partial charge on any atom is -0.444 e. The number of hydrogen-bond acceptors (Lipinski definition) is 6. The summed E-state index contributed by atoms with van der Waals surface area (Å²) in [7, 11) is 0. The molecule has 8 heteroatoms. The Bertz CT molecular complexity index is 517. The van der Waals surface area contributed by atoms with Gasteiger partial charge in [0.15, 0.2) is 5.82 Å². The van der Waals surface area contributed by atoms with E-state index in [0.717, 1.165) is 0 Å². The Morgan fingerprint density at radius 1 is 1.45 bits per heavy atom. The summed E-state index contributed by atoms with van der Waals surface area (Å²) in [6, 6.07) is 2.77. The van der Waals surface area contributed by atoms with Crippen molar-refractivity contribution >= 4 is 17.7 Å². The number of hydrogen-bond donors (Lipinski definition) is 2. The summed E-state index contributed by atoms with van der Waals surface area (Å²) < 4.78 is 19.4. The number of nitrogens with zero attached hydrogens (tertiary/aromatic N) is 3. The molecule has 1 amide bonds. The highest BCUT2D eigenvalue weighted by atomic mass is 19.1. The third-order valence-electron chi connectivity index (χ3n) is 3.24. The van der Waals surface area contributed by atoms with Crippen molar-refractivity contribution in [2.45, 2.75) is 45.0 Å². The molecular formula is C14H22FN5O2. The molecule has 0 spiro atoms. The average molecular weight is 311 g/mol. The number of nitrogens with two attached hydrogens (primary N) is 1. The Labute approximate surface area is 129 Å². The fraction of sp³-hybridized carbons (Fsp3) is 0.643. The van der Waals surface area contributed by atoms with Crippen molar-refractivity contribution in [1.82, 2.24) is 15.5 Å². The maximum Gasteiger partial charge on any atom is 0.407 e. The normalized spacial score (nSPS) is 22.3. The van der Waals surface area contributed by atoms with Crippen LogP contribution >= 0.6 is 0 Å². The number of aromatic nitrogens is 2. The van der Waals surface area contributed by atoms with E-state index in [0.29, 0.717) is 24.6 Å². The maximum atomic E-state index is 14.3. The van der Waals surface area contributed by atoms with Crippen LogP contribution in [0.5, 0.6) is 0 Å².